The maximum atomic E-state index is 4.51. The van der Waals surface area contributed by atoms with Crippen LogP contribution in [-0.4, -0.2) is 31.6 Å². The Morgan fingerprint density at radius 3 is 2.59 bits per heavy atom. The van der Waals surface area contributed by atoms with Gasteiger partial charge in [0.05, 0.1) is 5.69 Å². The average Bonchev–Trinajstić information content (AvgIpc) is 2.91. The first-order valence-corrected chi connectivity index (χ1v) is 5.85. The van der Waals surface area contributed by atoms with E-state index in [1.165, 1.54) is 0 Å². The van der Waals surface area contributed by atoms with Gasteiger partial charge >= 0.3 is 0 Å². The van der Waals surface area contributed by atoms with Crippen molar-refractivity contribution < 1.29 is 0 Å². The Morgan fingerprint density at radius 1 is 1.29 bits per heavy atom. The summed E-state index contributed by atoms with van der Waals surface area (Å²) in [6, 6.07) is 2.08. The molecule has 0 unspecified atom stereocenters. The molecule has 0 spiro atoms. The number of anilines is 1. The first kappa shape index (κ1) is 11.6. The van der Waals surface area contributed by atoms with Crippen LogP contribution in [0.3, 0.4) is 0 Å². The van der Waals surface area contributed by atoms with Crippen molar-refractivity contribution in [2.24, 2.45) is 7.05 Å². The average molecular weight is 234 g/mol. The molecule has 2 aromatic rings. The molecule has 6 nitrogen and oxygen atoms in total. The van der Waals surface area contributed by atoms with Crippen LogP contribution < -0.4 is 5.32 Å². The van der Waals surface area contributed by atoms with Crippen LogP contribution in [0.5, 0.6) is 0 Å². The van der Waals surface area contributed by atoms with Crippen molar-refractivity contribution in [2.75, 3.05) is 12.4 Å². The molecule has 0 saturated carbocycles. The number of aryl methyl sites for hydroxylation is 2. The molecule has 0 aliphatic rings. The van der Waals surface area contributed by atoms with Gasteiger partial charge < -0.3 is 5.32 Å². The number of nitrogens with zero attached hydrogens (tertiary/aromatic N) is 5. The molecule has 6 heteroatoms. The highest BCUT2D eigenvalue weighted by molar-refractivity contribution is 5.53. The minimum Gasteiger partial charge on any atom is -0.357 e. The van der Waals surface area contributed by atoms with Crippen molar-refractivity contribution in [2.45, 2.75) is 26.8 Å². The lowest BCUT2D eigenvalue weighted by Crippen LogP contribution is -2.04. The van der Waals surface area contributed by atoms with Crippen molar-refractivity contribution in [3.8, 4) is 11.5 Å². The summed E-state index contributed by atoms with van der Waals surface area (Å²) in [5.41, 5.74) is 2.09. The molecule has 0 atom stereocenters. The monoisotopic (exact) mass is 234 g/mol. The summed E-state index contributed by atoms with van der Waals surface area (Å²) >= 11 is 0. The van der Waals surface area contributed by atoms with E-state index >= 15 is 0 Å². The Hall–Kier alpha value is -1.85. The van der Waals surface area contributed by atoms with Crippen LogP contribution in [-0.2, 0) is 20.0 Å². The third kappa shape index (κ3) is 1.90. The Balaban J connectivity index is 2.51. The smallest absolute Gasteiger partial charge is 0.224 e. The largest absolute Gasteiger partial charge is 0.357 e. The number of hydrogen-bond acceptors (Lipinski definition) is 4. The standard InChI is InChI=1S/C11H18N6/c1-5-8-7-9(17(6-2)15-8)10-13-14-11(12-3)16(10)4/h7H,5-6H2,1-4H3,(H,12,14). The molecule has 2 heterocycles. The molecule has 0 aromatic carbocycles. The van der Waals surface area contributed by atoms with Crippen molar-refractivity contribution >= 4 is 5.95 Å². The summed E-state index contributed by atoms with van der Waals surface area (Å²) in [5, 5.41) is 15.8. The maximum Gasteiger partial charge on any atom is 0.224 e. The van der Waals surface area contributed by atoms with E-state index in [-0.39, 0.29) is 0 Å². The normalized spacial score (nSPS) is 10.8. The molecular weight excluding hydrogens is 216 g/mol. The van der Waals surface area contributed by atoms with Crippen LogP contribution >= 0.6 is 0 Å². The molecule has 2 rings (SSSR count). The van der Waals surface area contributed by atoms with Gasteiger partial charge in [-0.25, -0.2) is 0 Å². The fourth-order valence-electron chi connectivity index (χ4n) is 1.83. The highest BCUT2D eigenvalue weighted by atomic mass is 15.4. The summed E-state index contributed by atoms with van der Waals surface area (Å²) < 4.78 is 3.89. The number of nitrogens with one attached hydrogen (secondary N) is 1. The van der Waals surface area contributed by atoms with Gasteiger partial charge in [-0.05, 0) is 19.4 Å². The molecule has 0 radical (unpaired) electrons. The number of hydrogen-bond donors (Lipinski definition) is 1. The number of aromatic nitrogens is 5. The third-order valence-electron chi connectivity index (χ3n) is 2.82. The lowest BCUT2D eigenvalue weighted by Gasteiger charge is -2.04. The molecule has 0 aliphatic carbocycles. The molecule has 0 saturated heterocycles. The van der Waals surface area contributed by atoms with E-state index in [0.29, 0.717) is 0 Å². The summed E-state index contributed by atoms with van der Waals surface area (Å²) in [6.07, 6.45) is 0.927. The summed E-state index contributed by atoms with van der Waals surface area (Å²) in [7, 11) is 3.78. The highest BCUT2D eigenvalue weighted by Crippen LogP contribution is 2.20. The van der Waals surface area contributed by atoms with Gasteiger partial charge in [0.25, 0.3) is 0 Å². The Labute approximate surface area is 101 Å². The van der Waals surface area contributed by atoms with Gasteiger partial charge in [-0.2, -0.15) is 5.10 Å². The maximum absolute atomic E-state index is 4.51. The first-order chi connectivity index (χ1) is 8.21. The van der Waals surface area contributed by atoms with Crippen LogP contribution in [0.25, 0.3) is 11.5 Å². The highest BCUT2D eigenvalue weighted by Gasteiger charge is 2.15. The van der Waals surface area contributed by atoms with E-state index in [4.69, 9.17) is 0 Å². The minimum atomic E-state index is 0.752. The second-order valence-electron chi connectivity index (χ2n) is 3.85. The van der Waals surface area contributed by atoms with E-state index in [1.54, 1.807) is 0 Å². The lowest BCUT2D eigenvalue weighted by atomic mass is 10.3. The first-order valence-electron chi connectivity index (χ1n) is 5.85. The molecular formula is C11H18N6. The van der Waals surface area contributed by atoms with Gasteiger partial charge in [-0.3, -0.25) is 9.25 Å². The zero-order valence-electron chi connectivity index (χ0n) is 10.7. The van der Waals surface area contributed by atoms with Gasteiger partial charge in [0.15, 0.2) is 5.82 Å². The summed E-state index contributed by atoms with van der Waals surface area (Å²) in [6.45, 7) is 5.00. The van der Waals surface area contributed by atoms with Crippen LogP contribution in [0.15, 0.2) is 6.07 Å². The zero-order chi connectivity index (χ0) is 12.4. The van der Waals surface area contributed by atoms with Crippen molar-refractivity contribution in [3.05, 3.63) is 11.8 Å². The van der Waals surface area contributed by atoms with Gasteiger partial charge in [0, 0.05) is 20.6 Å². The van der Waals surface area contributed by atoms with Gasteiger partial charge in [-0.1, -0.05) is 6.92 Å². The topological polar surface area (TPSA) is 60.6 Å². The Bertz CT molecular complexity index is 510. The SMILES string of the molecule is CCc1cc(-c2nnc(NC)n2C)n(CC)n1. The van der Waals surface area contributed by atoms with E-state index in [2.05, 4.69) is 40.5 Å². The van der Waals surface area contributed by atoms with Crippen molar-refractivity contribution in [1.82, 2.24) is 24.5 Å². The summed E-state index contributed by atoms with van der Waals surface area (Å²) in [4.78, 5) is 0. The fraction of sp³-hybridized carbons (Fsp3) is 0.545. The van der Waals surface area contributed by atoms with Gasteiger partial charge in [-0.15, -0.1) is 10.2 Å². The minimum absolute atomic E-state index is 0.752. The van der Waals surface area contributed by atoms with Crippen LogP contribution in [0.1, 0.15) is 19.5 Å². The third-order valence-corrected chi connectivity index (χ3v) is 2.82. The Kier molecular flexibility index (Phi) is 3.12. The molecule has 0 bridgehead atoms. The molecule has 92 valence electrons. The van der Waals surface area contributed by atoms with E-state index in [0.717, 1.165) is 36.1 Å². The van der Waals surface area contributed by atoms with Gasteiger partial charge in [0.1, 0.15) is 5.69 Å². The number of rotatable bonds is 4. The summed E-state index contributed by atoms with van der Waals surface area (Å²) in [5.74, 6) is 1.59. The molecule has 1 N–H and O–H groups in total. The quantitative estimate of drug-likeness (QED) is 0.866. The molecule has 0 amide bonds. The second-order valence-corrected chi connectivity index (χ2v) is 3.85. The predicted molar refractivity (Wildman–Crippen MR) is 66.8 cm³/mol. The predicted octanol–water partition coefficient (Wildman–Crippen LogP) is 1.30. The van der Waals surface area contributed by atoms with E-state index in [1.807, 2.05) is 23.3 Å². The zero-order valence-corrected chi connectivity index (χ0v) is 10.7. The molecule has 0 fully saturated rings. The van der Waals surface area contributed by atoms with E-state index in [9.17, 15) is 0 Å². The Morgan fingerprint density at radius 2 is 2.06 bits per heavy atom. The van der Waals surface area contributed by atoms with Crippen LogP contribution in [0.4, 0.5) is 5.95 Å². The van der Waals surface area contributed by atoms with Crippen molar-refractivity contribution in [3.63, 3.8) is 0 Å². The van der Waals surface area contributed by atoms with Crippen molar-refractivity contribution in [1.29, 1.82) is 0 Å². The second kappa shape index (κ2) is 4.57. The fourth-order valence-corrected chi connectivity index (χ4v) is 1.83. The molecule has 0 aliphatic heterocycles. The van der Waals surface area contributed by atoms with Crippen LogP contribution in [0.2, 0.25) is 0 Å². The van der Waals surface area contributed by atoms with Gasteiger partial charge in [0.2, 0.25) is 5.95 Å². The molecule has 17 heavy (non-hydrogen) atoms. The van der Waals surface area contributed by atoms with Crippen LogP contribution in [0, 0.1) is 0 Å². The lowest BCUT2D eigenvalue weighted by molar-refractivity contribution is 0.649. The molecule has 2 aromatic heterocycles. The van der Waals surface area contributed by atoms with E-state index < -0.39 is 0 Å².